The molecule has 0 saturated heterocycles. The molecule has 7 aromatic rings. The van der Waals surface area contributed by atoms with E-state index < -0.39 is 5.41 Å². The Hall–Kier alpha value is -6.70. The highest BCUT2D eigenvalue weighted by molar-refractivity contribution is 5.86. The van der Waals surface area contributed by atoms with E-state index in [2.05, 4.69) is 196 Å². The lowest BCUT2D eigenvalue weighted by Crippen LogP contribution is -2.28. The van der Waals surface area contributed by atoms with Crippen molar-refractivity contribution in [2.24, 2.45) is 0 Å². The quantitative estimate of drug-likeness (QED) is 0.159. The summed E-state index contributed by atoms with van der Waals surface area (Å²) in [6.45, 7) is 6.81. The highest BCUT2D eigenvalue weighted by Crippen LogP contribution is 2.56. The maximum absolute atomic E-state index is 6.39. The zero-order valence-electron chi connectivity index (χ0n) is 32.2. The second-order valence-electron chi connectivity index (χ2n) is 15.7. The molecule has 2 unspecified atom stereocenters. The molecule has 0 amide bonds. The molecule has 0 saturated carbocycles. The first-order chi connectivity index (χ1) is 28.1. The standard InChI is InChI=1S/C56H44O/c1-38-16-13-14-35-57-55-48(38)34-33-42-29-32-45(37-51(42)55)54(43-30-27-41(28-31-43)40-17-5-3-6-18-40)39(2)44-19-15-22-47(36-44)56(46-20-7-4-8-21-46)52-25-11-9-23-49(52)50-24-10-12-26-53(50)56/h3-28,30-31,33-37,39,54H,1,29,32H2,2H3/b16-13-,35-14-. The zero-order chi connectivity index (χ0) is 38.3. The molecule has 7 aromatic carbocycles. The smallest absolute Gasteiger partial charge is 0.141 e. The van der Waals surface area contributed by atoms with Gasteiger partial charge in [0, 0.05) is 17.0 Å². The van der Waals surface area contributed by atoms with Gasteiger partial charge in [-0.3, -0.25) is 0 Å². The van der Waals surface area contributed by atoms with Crippen molar-refractivity contribution in [2.75, 3.05) is 0 Å². The summed E-state index contributed by atoms with van der Waals surface area (Å²) in [5, 5.41) is 0. The molecule has 2 atom stereocenters. The molecule has 0 aromatic heterocycles. The number of allylic oxidation sites excluding steroid dienone is 5. The zero-order valence-corrected chi connectivity index (χ0v) is 32.2. The third-order valence-electron chi connectivity index (χ3n) is 12.6. The predicted molar refractivity (Wildman–Crippen MR) is 237 cm³/mol. The molecule has 3 aliphatic rings. The monoisotopic (exact) mass is 732 g/mol. The van der Waals surface area contributed by atoms with Crippen molar-refractivity contribution < 1.29 is 4.74 Å². The number of rotatable bonds is 7. The van der Waals surface area contributed by atoms with E-state index >= 15 is 0 Å². The van der Waals surface area contributed by atoms with Crippen LogP contribution in [0.25, 0.3) is 33.9 Å². The number of aryl methyl sites for hydroxylation is 1. The van der Waals surface area contributed by atoms with Crippen LogP contribution in [-0.2, 0) is 11.8 Å². The molecule has 1 nitrogen and oxygen atoms in total. The summed E-state index contributed by atoms with van der Waals surface area (Å²) in [6, 6.07) is 63.1. The third kappa shape index (κ3) is 5.85. The maximum Gasteiger partial charge on any atom is 0.141 e. The van der Waals surface area contributed by atoms with Gasteiger partial charge in [-0.1, -0.05) is 207 Å². The Morgan fingerprint density at radius 2 is 1.21 bits per heavy atom. The molecule has 10 rings (SSSR count). The first-order valence-electron chi connectivity index (χ1n) is 20.2. The van der Waals surface area contributed by atoms with Gasteiger partial charge in [-0.2, -0.15) is 0 Å². The van der Waals surface area contributed by atoms with Crippen molar-refractivity contribution in [2.45, 2.75) is 37.0 Å². The number of ether oxygens (including phenoxy) is 1. The van der Waals surface area contributed by atoms with Crippen LogP contribution in [-0.4, -0.2) is 0 Å². The summed E-state index contributed by atoms with van der Waals surface area (Å²) in [5.74, 6) is 1.20. The molecule has 0 radical (unpaired) electrons. The van der Waals surface area contributed by atoms with Crippen LogP contribution in [0.3, 0.4) is 0 Å². The van der Waals surface area contributed by atoms with E-state index in [9.17, 15) is 0 Å². The van der Waals surface area contributed by atoms with Crippen LogP contribution in [0.15, 0.2) is 207 Å². The Morgan fingerprint density at radius 3 is 1.95 bits per heavy atom. The van der Waals surface area contributed by atoms with Gasteiger partial charge in [-0.15, -0.1) is 0 Å². The molecule has 0 N–H and O–H groups in total. The second-order valence-corrected chi connectivity index (χ2v) is 15.7. The maximum atomic E-state index is 6.39. The average Bonchev–Trinajstić information content (AvgIpc) is 3.57. The van der Waals surface area contributed by atoms with Gasteiger partial charge in [0.2, 0.25) is 0 Å². The lowest BCUT2D eigenvalue weighted by atomic mass is 9.66. The van der Waals surface area contributed by atoms with Gasteiger partial charge in [-0.25, -0.2) is 0 Å². The first-order valence-corrected chi connectivity index (χ1v) is 20.2. The van der Waals surface area contributed by atoms with E-state index in [-0.39, 0.29) is 11.8 Å². The van der Waals surface area contributed by atoms with Gasteiger partial charge in [0.25, 0.3) is 0 Å². The Labute approximate surface area is 336 Å². The number of fused-ring (bicyclic) bond motifs is 6. The van der Waals surface area contributed by atoms with Crippen molar-refractivity contribution in [1.29, 1.82) is 0 Å². The van der Waals surface area contributed by atoms with Crippen LogP contribution in [0.2, 0.25) is 0 Å². The predicted octanol–water partition coefficient (Wildman–Crippen LogP) is 14.1. The van der Waals surface area contributed by atoms with Crippen LogP contribution in [0.5, 0.6) is 5.75 Å². The second kappa shape index (κ2) is 14.4. The highest BCUT2D eigenvalue weighted by Gasteiger charge is 2.46. The molecule has 2 aliphatic carbocycles. The van der Waals surface area contributed by atoms with E-state index in [1.165, 1.54) is 72.3 Å². The van der Waals surface area contributed by atoms with E-state index in [1.54, 1.807) is 6.26 Å². The highest BCUT2D eigenvalue weighted by atomic mass is 16.5. The van der Waals surface area contributed by atoms with E-state index in [0.717, 1.165) is 29.7 Å². The fourth-order valence-corrected chi connectivity index (χ4v) is 9.89. The van der Waals surface area contributed by atoms with E-state index in [1.807, 2.05) is 12.2 Å². The van der Waals surface area contributed by atoms with Gasteiger partial charge < -0.3 is 4.74 Å². The fraction of sp³-hybridized carbons (Fsp3) is 0.107. The summed E-state index contributed by atoms with van der Waals surface area (Å²) in [7, 11) is 0. The van der Waals surface area contributed by atoms with E-state index in [0.29, 0.717) is 0 Å². The summed E-state index contributed by atoms with van der Waals surface area (Å²) < 4.78 is 6.39. The Balaban J connectivity index is 1.14. The molecule has 1 heterocycles. The molecule has 0 bridgehead atoms. The van der Waals surface area contributed by atoms with Crippen LogP contribution >= 0.6 is 0 Å². The summed E-state index contributed by atoms with van der Waals surface area (Å²) >= 11 is 0. The molecular formula is C56H44O. The largest absolute Gasteiger partial charge is 0.464 e. The molecule has 0 spiro atoms. The molecular weight excluding hydrogens is 689 g/mol. The lowest BCUT2D eigenvalue weighted by molar-refractivity contribution is 0.477. The van der Waals surface area contributed by atoms with Crippen molar-refractivity contribution in [1.82, 2.24) is 0 Å². The van der Waals surface area contributed by atoms with Crippen molar-refractivity contribution in [3.63, 3.8) is 0 Å². The SMILES string of the molecule is C=C1/C=C\C=C/Oc2c1ccc1c2C=C(C(c2ccc(-c3ccccc3)cc2)C(C)c2cccc(C3(c4ccccc4)c4ccccc4-c4ccccc43)c2)CC1. The molecule has 0 fully saturated rings. The average molecular weight is 733 g/mol. The van der Waals surface area contributed by atoms with Gasteiger partial charge >= 0.3 is 0 Å². The van der Waals surface area contributed by atoms with Gasteiger partial charge in [0.1, 0.15) is 5.75 Å². The molecule has 1 heteroatoms. The van der Waals surface area contributed by atoms with Crippen molar-refractivity contribution in [3.05, 3.63) is 257 Å². The van der Waals surface area contributed by atoms with Crippen LogP contribution < -0.4 is 4.74 Å². The van der Waals surface area contributed by atoms with Crippen molar-refractivity contribution in [3.8, 4) is 28.0 Å². The van der Waals surface area contributed by atoms with Crippen LogP contribution in [0.1, 0.15) is 75.3 Å². The summed E-state index contributed by atoms with van der Waals surface area (Å²) in [6.07, 6.45) is 12.2. The number of hydrogen-bond donors (Lipinski definition) is 0. The minimum Gasteiger partial charge on any atom is -0.464 e. The Bertz CT molecular complexity index is 2680. The van der Waals surface area contributed by atoms with Crippen LogP contribution in [0, 0.1) is 0 Å². The van der Waals surface area contributed by atoms with Crippen molar-refractivity contribution >= 4 is 11.6 Å². The fourth-order valence-electron chi connectivity index (χ4n) is 9.89. The Kier molecular flexibility index (Phi) is 8.80. The number of hydrogen-bond acceptors (Lipinski definition) is 1. The third-order valence-corrected chi connectivity index (χ3v) is 12.6. The topological polar surface area (TPSA) is 9.23 Å². The lowest BCUT2D eigenvalue weighted by Gasteiger charge is -2.35. The minimum atomic E-state index is -0.446. The minimum absolute atomic E-state index is 0.136. The van der Waals surface area contributed by atoms with Gasteiger partial charge in [-0.05, 0) is 91.6 Å². The normalized spacial score (nSPS) is 16.9. The Morgan fingerprint density at radius 1 is 0.561 bits per heavy atom. The molecule has 274 valence electrons. The summed E-state index contributed by atoms with van der Waals surface area (Å²) in [5.41, 5.74) is 18.4. The molecule has 1 aliphatic heterocycles. The van der Waals surface area contributed by atoms with Gasteiger partial charge in [0.15, 0.2) is 0 Å². The van der Waals surface area contributed by atoms with Gasteiger partial charge in [0.05, 0.1) is 11.7 Å². The van der Waals surface area contributed by atoms with E-state index in [4.69, 9.17) is 4.74 Å². The summed E-state index contributed by atoms with van der Waals surface area (Å²) in [4.78, 5) is 0. The first kappa shape index (κ1) is 34.8. The molecule has 57 heavy (non-hydrogen) atoms. The van der Waals surface area contributed by atoms with Crippen LogP contribution in [0.4, 0.5) is 0 Å². The number of benzene rings is 7.